The van der Waals surface area contributed by atoms with Crippen LogP contribution in [0.5, 0.6) is 0 Å². The molecule has 0 amide bonds. The zero-order valence-corrected chi connectivity index (χ0v) is 11.3. The Hall–Kier alpha value is -2.63. The van der Waals surface area contributed by atoms with Crippen LogP contribution in [0.15, 0.2) is 33.0 Å². The Kier molecular flexibility index (Phi) is 4.63. The second-order valence-corrected chi connectivity index (χ2v) is 4.95. The molecule has 0 saturated heterocycles. The van der Waals surface area contributed by atoms with Crippen LogP contribution >= 0.6 is 0 Å². The lowest BCUT2D eigenvalue weighted by Crippen LogP contribution is -2.41. The lowest BCUT2D eigenvalue weighted by molar-refractivity contribution is -0.161. The Morgan fingerprint density at radius 3 is 2.35 bits per heavy atom. The Labute approximate surface area is 114 Å². The van der Waals surface area contributed by atoms with Gasteiger partial charge in [0.05, 0.1) is 6.26 Å². The maximum Gasteiger partial charge on any atom is 0.325 e. The minimum Gasteiger partial charge on any atom is -0.469 e. The van der Waals surface area contributed by atoms with E-state index < -0.39 is 17.2 Å². The molecule has 0 unspecified atom stereocenters. The summed E-state index contributed by atoms with van der Waals surface area (Å²) in [7, 11) is 0. The first kappa shape index (κ1) is 15.4. The van der Waals surface area contributed by atoms with Crippen LogP contribution in [-0.4, -0.2) is 17.2 Å². The van der Waals surface area contributed by atoms with E-state index in [1.54, 1.807) is 32.9 Å². The third-order valence-corrected chi connectivity index (χ3v) is 2.15. The summed E-state index contributed by atoms with van der Waals surface area (Å²) < 4.78 is 10.2. The highest BCUT2D eigenvalue weighted by atomic mass is 16.6. The van der Waals surface area contributed by atoms with Crippen LogP contribution in [0.25, 0.3) is 20.9 Å². The number of carbonyl (C=O) groups excluding carboxylic acids is 1. The van der Waals surface area contributed by atoms with Crippen molar-refractivity contribution in [1.82, 2.24) is 0 Å². The van der Waals surface area contributed by atoms with Crippen molar-refractivity contribution in [2.24, 2.45) is 10.2 Å². The third kappa shape index (κ3) is 3.94. The van der Waals surface area contributed by atoms with E-state index in [4.69, 9.17) is 20.2 Å². The maximum absolute atomic E-state index is 12.2. The molecule has 0 spiro atoms. The zero-order chi connectivity index (χ0) is 15.2. The lowest BCUT2D eigenvalue weighted by Gasteiger charge is -2.26. The molecule has 0 aliphatic rings. The molecule has 20 heavy (non-hydrogen) atoms. The molecule has 0 fully saturated rings. The van der Waals surface area contributed by atoms with Gasteiger partial charge in [-0.25, -0.2) is 0 Å². The van der Waals surface area contributed by atoms with E-state index in [1.807, 2.05) is 0 Å². The largest absolute Gasteiger partial charge is 0.469 e. The first-order valence-corrected chi connectivity index (χ1v) is 5.71. The Bertz CT molecular complexity index is 543. The standard InChI is InChI=1S/C11H14N6O3/c1-10(2,3)20-9(18)11(14-16-12,15-17-13)7-8-5-4-6-19-8/h4-6H,7H2,1-3H3. The minimum absolute atomic E-state index is 0.219. The van der Waals surface area contributed by atoms with Crippen molar-refractivity contribution in [3.05, 3.63) is 45.0 Å². The van der Waals surface area contributed by atoms with Gasteiger partial charge in [-0.1, -0.05) is 10.2 Å². The molecule has 0 N–H and O–H groups in total. The van der Waals surface area contributed by atoms with Crippen molar-refractivity contribution >= 4 is 5.97 Å². The van der Waals surface area contributed by atoms with Crippen LogP contribution in [0.1, 0.15) is 26.5 Å². The fraction of sp³-hybridized carbons (Fsp3) is 0.545. The number of rotatable bonds is 5. The quantitative estimate of drug-likeness (QED) is 0.352. The molecule has 0 aliphatic carbocycles. The summed E-state index contributed by atoms with van der Waals surface area (Å²) in [5, 5.41) is 6.66. The van der Waals surface area contributed by atoms with Crippen molar-refractivity contribution in [2.75, 3.05) is 0 Å². The molecule has 1 rings (SSSR count). The number of hydrogen-bond donors (Lipinski definition) is 0. The SMILES string of the molecule is CC(C)(C)OC(=O)C(Cc1ccco1)(N=[N+]=[N-])N=[N+]=[N-]. The van der Waals surface area contributed by atoms with Crippen LogP contribution in [0.2, 0.25) is 0 Å². The number of carbonyl (C=O) groups is 1. The summed E-state index contributed by atoms with van der Waals surface area (Å²) in [5.74, 6) is -0.604. The molecule has 1 aromatic rings. The molecule has 1 heterocycles. The van der Waals surface area contributed by atoms with Gasteiger partial charge in [-0.05, 0) is 44.0 Å². The van der Waals surface area contributed by atoms with Crippen LogP contribution in [0.4, 0.5) is 0 Å². The molecule has 9 heteroatoms. The summed E-state index contributed by atoms with van der Waals surface area (Å²) in [6.07, 6.45) is 1.17. The average Bonchev–Trinajstić information content (AvgIpc) is 2.79. The molecule has 0 radical (unpaired) electrons. The summed E-state index contributed by atoms with van der Waals surface area (Å²) in [4.78, 5) is 17.3. The van der Waals surface area contributed by atoms with Crippen molar-refractivity contribution in [1.29, 1.82) is 0 Å². The van der Waals surface area contributed by atoms with E-state index in [2.05, 4.69) is 20.1 Å². The number of esters is 1. The van der Waals surface area contributed by atoms with Gasteiger partial charge in [0.1, 0.15) is 11.4 Å². The highest BCUT2D eigenvalue weighted by Crippen LogP contribution is 2.25. The fourth-order valence-corrected chi connectivity index (χ4v) is 1.41. The lowest BCUT2D eigenvalue weighted by atomic mass is 10.1. The van der Waals surface area contributed by atoms with Crippen molar-refractivity contribution < 1.29 is 13.9 Å². The first-order chi connectivity index (χ1) is 9.33. The monoisotopic (exact) mass is 278 g/mol. The van der Waals surface area contributed by atoms with Crippen molar-refractivity contribution in [2.45, 2.75) is 38.5 Å². The topological polar surface area (TPSA) is 137 Å². The van der Waals surface area contributed by atoms with Gasteiger partial charge in [-0.15, -0.1) is 0 Å². The van der Waals surface area contributed by atoms with Gasteiger partial charge < -0.3 is 9.15 Å². The summed E-state index contributed by atoms with van der Waals surface area (Å²) in [6.45, 7) is 4.94. The van der Waals surface area contributed by atoms with Crippen LogP contribution in [0.3, 0.4) is 0 Å². The zero-order valence-electron chi connectivity index (χ0n) is 11.3. The second-order valence-electron chi connectivity index (χ2n) is 4.95. The van der Waals surface area contributed by atoms with Crippen LogP contribution < -0.4 is 0 Å². The highest BCUT2D eigenvalue weighted by molar-refractivity contribution is 5.81. The summed E-state index contributed by atoms with van der Waals surface area (Å²) in [5.41, 5.74) is 14.4. The third-order valence-electron chi connectivity index (χ3n) is 2.15. The Morgan fingerprint density at radius 2 is 1.95 bits per heavy atom. The van der Waals surface area contributed by atoms with Gasteiger partial charge in [0.2, 0.25) is 5.66 Å². The van der Waals surface area contributed by atoms with Gasteiger partial charge in [-0.2, -0.15) is 0 Å². The maximum atomic E-state index is 12.2. The predicted octanol–water partition coefficient (Wildman–Crippen LogP) is 3.48. The molecule has 0 aliphatic heterocycles. The highest BCUT2D eigenvalue weighted by Gasteiger charge is 2.41. The molecular weight excluding hydrogens is 264 g/mol. The molecular formula is C11H14N6O3. The molecule has 1 aromatic heterocycles. The molecule has 0 atom stereocenters. The molecule has 0 bridgehead atoms. The van der Waals surface area contributed by atoms with E-state index in [9.17, 15) is 4.79 Å². The van der Waals surface area contributed by atoms with Gasteiger partial charge in [-0.3, -0.25) is 4.79 Å². The van der Waals surface area contributed by atoms with E-state index in [0.29, 0.717) is 5.76 Å². The van der Waals surface area contributed by atoms with Crippen molar-refractivity contribution in [3.63, 3.8) is 0 Å². The van der Waals surface area contributed by atoms with E-state index in [0.717, 1.165) is 0 Å². The summed E-state index contributed by atoms with van der Waals surface area (Å²) in [6, 6.07) is 3.17. The Balaban J connectivity index is 3.20. The normalized spacial score (nSPS) is 13.6. The second kappa shape index (κ2) is 6.01. The van der Waals surface area contributed by atoms with Gasteiger partial charge in [0.25, 0.3) is 0 Å². The van der Waals surface area contributed by atoms with Gasteiger partial charge >= 0.3 is 5.97 Å². The molecule has 9 nitrogen and oxygen atoms in total. The van der Waals surface area contributed by atoms with E-state index in [1.165, 1.54) is 6.26 Å². The minimum atomic E-state index is -2.05. The van der Waals surface area contributed by atoms with Gasteiger partial charge in [0.15, 0.2) is 0 Å². The predicted molar refractivity (Wildman–Crippen MR) is 69.3 cm³/mol. The first-order valence-electron chi connectivity index (χ1n) is 5.71. The molecule has 0 aromatic carbocycles. The number of azide groups is 1. The van der Waals surface area contributed by atoms with Crippen LogP contribution in [-0.2, 0) is 16.0 Å². The number of nitrogens with zero attached hydrogens (tertiary/aromatic N) is 6. The van der Waals surface area contributed by atoms with E-state index in [-0.39, 0.29) is 6.42 Å². The number of hydrogen-bond acceptors (Lipinski definition) is 5. The number of ether oxygens (including phenoxy) is 1. The van der Waals surface area contributed by atoms with Crippen LogP contribution in [0, 0.1) is 0 Å². The Morgan fingerprint density at radius 1 is 1.35 bits per heavy atom. The smallest absolute Gasteiger partial charge is 0.325 e. The number of furan rings is 1. The molecule has 0 saturated carbocycles. The summed E-state index contributed by atoms with van der Waals surface area (Å²) >= 11 is 0. The van der Waals surface area contributed by atoms with Gasteiger partial charge in [0, 0.05) is 16.2 Å². The fourth-order valence-electron chi connectivity index (χ4n) is 1.41. The van der Waals surface area contributed by atoms with Crippen molar-refractivity contribution in [3.8, 4) is 0 Å². The van der Waals surface area contributed by atoms with E-state index >= 15 is 0 Å². The molecule has 106 valence electrons. The average molecular weight is 278 g/mol.